The van der Waals surface area contributed by atoms with Crippen molar-refractivity contribution in [2.45, 2.75) is 4.90 Å². The van der Waals surface area contributed by atoms with E-state index >= 15 is 0 Å². The van der Waals surface area contributed by atoms with Gasteiger partial charge in [-0.15, -0.1) is 0 Å². The van der Waals surface area contributed by atoms with Crippen molar-refractivity contribution in [1.82, 2.24) is 10.9 Å². The summed E-state index contributed by atoms with van der Waals surface area (Å²) in [7, 11) is -3.93. The van der Waals surface area contributed by atoms with Gasteiger partial charge in [0.05, 0.1) is 11.2 Å². The number of furan rings is 1. The highest BCUT2D eigenvalue weighted by Gasteiger charge is 2.17. The summed E-state index contributed by atoms with van der Waals surface area (Å²) < 4.78 is 32.6. The van der Waals surface area contributed by atoms with E-state index in [2.05, 4.69) is 15.6 Å². The van der Waals surface area contributed by atoms with E-state index in [-0.39, 0.29) is 10.5 Å². The topological polar surface area (TPSA) is 118 Å². The molecule has 3 N–H and O–H groups in total. The lowest BCUT2D eigenvalue weighted by Crippen LogP contribution is -2.40. The average molecular weight is 446 g/mol. The Kier molecular flexibility index (Phi) is 6.55. The lowest BCUT2D eigenvalue weighted by molar-refractivity contribution is -0.117. The van der Waals surface area contributed by atoms with Crippen molar-refractivity contribution in [1.29, 1.82) is 0 Å². The van der Waals surface area contributed by atoms with E-state index in [1.807, 2.05) is 0 Å². The SMILES string of the molecule is O=C(C=Cc1ccco1)NNC(=O)c1cccc(S(=O)(=O)Nc2ccc(Cl)cc2)c1. The third-order valence-corrected chi connectivity index (χ3v) is 5.38. The molecule has 2 amide bonds. The number of sulfonamides is 1. The smallest absolute Gasteiger partial charge is 0.269 e. The molecule has 0 fully saturated rings. The maximum atomic E-state index is 12.6. The quantitative estimate of drug-likeness (QED) is 0.398. The molecule has 0 aliphatic heterocycles. The van der Waals surface area contributed by atoms with Gasteiger partial charge >= 0.3 is 0 Å². The molecule has 1 aromatic heterocycles. The van der Waals surface area contributed by atoms with Gasteiger partial charge in [0.25, 0.3) is 21.8 Å². The summed E-state index contributed by atoms with van der Waals surface area (Å²) in [5.41, 5.74) is 4.78. The van der Waals surface area contributed by atoms with Crippen LogP contribution < -0.4 is 15.6 Å². The van der Waals surface area contributed by atoms with Crippen LogP contribution in [0.2, 0.25) is 5.02 Å². The number of halogens is 1. The predicted molar refractivity (Wildman–Crippen MR) is 112 cm³/mol. The number of hydrogen-bond donors (Lipinski definition) is 3. The van der Waals surface area contributed by atoms with E-state index in [1.165, 1.54) is 54.8 Å². The van der Waals surface area contributed by atoms with Crippen molar-refractivity contribution in [3.63, 3.8) is 0 Å². The number of carbonyl (C=O) groups excluding carboxylic acids is 2. The van der Waals surface area contributed by atoms with Crippen molar-refractivity contribution in [3.05, 3.63) is 89.3 Å². The number of anilines is 1. The molecule has 0 bridgehead atoms. The number of nitrogens with one attached hydrogen (secondary N) is 3. The highest BCUT2D eigenvalue weighted by atomic mass is 35.5. The van der Waals surface area contributed by atoms with Crippen LogP contribution >= 0.6 is 11.6 Å². The molecule has 0 saturated carbocycles. The molecule has 0 unspecified atom stereocenters. The lowest BCUT2D eigenvalue weighted by atomic mass is 10.2. The molecule has 0 saturated heterocycles. The standard InChI is InChI=1S/C20H16ClN3O5S/c21-15-6-8-16(9-7-15)24-30(27,28)18-5-1-3-14(13-18)20(26)23-22-19(25)11-10-17-4-2-12-29-17/h1-13,24H,(H,22,25)(H,23,26). The van der Waals surface area contributed by atoms with Crippen molar-refractivity contribution in [2.75, 3.05) is 4.72 Å². The molecule has 8 nitrogen and oxygen atoms in total. The number of hydrazine groups is 1. The third-order valence-electron chi connectivity index (χ3n) is 3.74. The number of carbonyl (C=O) groups is 2. The Bertz CT molecular complexity index is 1170. The molecule has 3 aromatic rings. The first-order chi connectivity index (χ1) is 14.3. The normalized spacial score (nSPS) is 11.2. The van der Waals surface area contributed by atoms with E-state index in [0.717, 1.165) is 0 Å². The summed E-state index contributed by atoms with van der Waals surface area (Å²) in [5, 5.41) is 0.470. The summed E-state index contributed by atoms with van der Waals surface area (Å²) >= 11 is 5.79. The van der Waals surface area contributed by atoms with Gasteiger partial charge in [0.2, 0.25) is 0 Å². The van der Waals surface area contributed by atoms with Gasteiger partial charge in [-0.2, -0.15) is 0 Å². The van der Waals surface area contributed by atoms with Gasteiger partial charge in [-0.1, -0.05) is 17.7 Å². The molecule has 0 spiro atoms. The average Bonchev–Trinajstić information content (AvgIpc) is 3.26. The minimum absolute atomic E-state index is 0.0456. The predicted octanol–water partition coefficient (Wildman–Crippen LogP) is 3.21. The van der Waals surface area contributed by atoms with Gasteiger partial charge in [0.1, 0.15) is 5.76 Å². The second-order valence-corrected chi connectivity index (χ2v) is 8.05. The molecule has 0 radical (unpaired) electrons. The first-order valence-corrected chi connectivity index (χ1v) is 10.4. The zero-order chi connectivity index (χ0) is 21.6. The Morgan fingerprint density at radius 3 is 2.43 bits per heavy atom. The Labute approximate surface area is 177 Å². The first kappa shape index (κ1) is 21.2. The third kappa shape index (κ3) is 5.72. The molecular weight excluding hydrogens is 430 g/mol. The molecule has 3 rings (SSSR count). The number of benzene rings is 2. The van der Waals surface area contributed by atoms with Crippen LogP contribution in [0.1, 0.15) is 16.1 Å². The first-order valence-electron chi connectivity index (χ1n) is 8.54. The molecule has 10 heteroatoms. The van der Waals surface area contributed by atoms with Crippen molar-refractivity contribution >= 4 is 45.2 Å². The molecular formula is C20H16ClN3O5S. The fourth-order valence-electron chi connectivity index (χ4n) is 2.31. The summed E-state index contributed by atoms with van der Waals surface area (Å²) in [6.07, 6.45) is 4.06. The fourth-order valence-corrected chi connectivity index (χ4v) is 3.54. The summed E-state index contributed by atoms with van der Waals surface area (Å²) in [4.78, 5) is 23.9. The zero-order valence-corrected chi connectivity index (χ0v) is 16.9. The van der Waals surface area contributed by atoms with Crippen LogP contribution in [0.5, 0.6) is 0 Å². The molecule has 1 heterocycles. The molecule has 0 aliphatic carbocycles. The van der Waals surface area contributed by atoms with Gasteiger partial charge in [-0.05, 0) is 60.7 Å². The minimum Gasteiger partial charge on any atom is -0.465 e. The van der Waals surface area contributed by atoms with Crippen LogP contribution in [0.4, 0.5) is 5.69 Å². The molecule has 30 heavy (non-hydrogen) atoms. The molecule has 0 aliphatic rings. The van der Waals surface area contributed by atoms with E-state index in [4.69, 9.17) is 16.0 Å². The van der Waals surface area contributed by atoms with Crippen LogP contribution in [-0.4, -0.2) is 20.2 Å². The van der Waals surface area contributed by atoms with Crippen molar-refractivity contribution < 1.29 is 22.4 Å². The molecule has 2 aromatic carbocycles. The van der Waals surface area contributed by atoms with Crippen LogP contribution in [0.25, 0.3) is 6.08 Å². The zero-order valence-electron chi connectivity index (χ0n) is 15.3. The van der Waals surface area contributed by atoms with Crippen molar-refractivity contribution in [3.8, 4) is 0 Å². The van der Waals surface area contributed by atoms with Crippen molar-refractivity contribution in [2.24, 2.45) is 0 Å². The van der Waals surface area contributed by atoms with Crippen LogP contribution in [0.15, 0.2) is 82.3 Å². The number of amides is 2. The minimum atomic E-state index is -3.93. The second kappa shape index (κ2) is 9.29. The summed E-state index contributed by atoms with van der Waals surface area (Å²) in [6.45, 7) is 0. The maximum Gasteiger partial charge on any atom is 0.269 e. The summed E-state index contributed by atoms with van der Waals surface area (Å²) in [5.74, 6) is -0.797. The van der Waals surface area contributed by atoms with E-state index in [0.29, 0.717) is 16.5 Å². The van der Waals surface area contributed by atoms with Gasteiger partial charge in [0, 0.05) is 22.3 Å². The summed E-state index contributed by atoms with van der Waals surface area (Å²) in [6, 6.07) is 14.8. The van der Waals surface area contributed by atoms with Gasteiger partial charge in [-0.3, -0.25) is 25.2 Å². The van der Waals surface area contributed by atoms with Gasteiger partial charge in [-0.25, -0.2) is 8.42 Å². The Hall–Kier alpha value is -3.56. The van der Waals surface area contributed by atoms with Crippen LogP contribution in [0.3, 0.4) is 0 Å². The van der Waals surface area contributed by atoms with Crippen LogP contribution in [0, 0.1) is 0 Å². The fraction of sp³-hybridized carbons (Fsp3) is 0. The Balaban J connectivity index is 1.64. The number of rotatable bonds is 6. The second-order valence-electron chi connectivity index (χ2n) is 5.93. The van der Waals surface area contributed by atoms with E-state index in [9.17, 15) is 18.0 Å². The number of hydrogen-bond acceptors (Lipinski definition) is 5. The van der Waals surface area contributed by atoms with Crippen LogP contribution in [-0.2, 0) is 14.8 Å². The maximum absolute atomic E-state index is 12.6. The molecule has 0 atom stereocenters. The van der Waals surface area contributed by atoms with E-state index in [1.54, 1.807) is 24.3 Å². The van der Waals surface area contributed by atoms with Gasteiger partial charge in [0.15, 0.2) is 0 Å². The Morgan fingerprint density at radius 1 is 0.967 bits per heavy atom. The molecule has 154 valence electrons. The Morgan fingerprint density at radius 2 is 1.73 bits per heavy atom. The highest BCUT2D eigenvalue weighted by molar-refractivity contribution is 7.92. The monoisotopic (exact) mass is 445 g/mol. The largest absolute Gasteiger partial charge is 0.465 e. The van der Waals surface area contributed by atoms with Gasteiger partial charge < -0.3 is 4.42 Å². The van der Waals surface area contributed by atoms with E-state index < -0.39 is 21.8 Å². The highest BCUT2D eigenvalue weighted by Crippen LogP contribution is 2.19. The lowest BCUT2D eigenvalue weighted by Gasteiger charge is -2.10.